The summed E-state index contributed by atoms with van der Waals surface area (Å²) in [5, 5.41) is 36.2. The van der Waals surface area contributed by atoms with Crippen LogP contribution >= 0.6 is 23.1 Å². The third kappa shape index (κ3) is 4.78. The van der Waals surface area contributed by atoms with Crippen molar-refractivity contribution in [3.8, 4) is 0 Å². The van der Waals surface area contributed by atoms with Gasteiger partial charge in [0.1, 0.15) is 5.69 Å². The van der Waals surface area contributed by atoms with Crippen LogP contribution in [0.4, 0.5) is 5.13 Å². The Labute approximate surface area is 228 Å². The van der Waals surface area contributed by atoms with E-state index >= 15 is 0 Å². The molecule has 180 valence electrons. The molecule has 0 saturated carbocycles. The van der Waals surface area contributed by atoms with E-state index in [1.54, 1.807) is 12.3 Å². The molecule has 3 aliphatic heterocycles. The van der Waals surface area contributed by atoms with Crippen LogP contribution in [0.25, 0.3) is 0 Å². The SMILES string of the molecule is CC[C@@H](CO)NC(=O)c1csc(N2CC(SC3=C(C(=O)[O-])N4C(=O)C([C@@H](C)O)C4[C@H]3C)C2)n1.[Na+]. The van der Waals surface area contributed by atoms with Gasteiger partial charge >= 0.3 is 29.6 Å². The van der Waals surface area contributed by atoms with Gasteiger partial charge in [-0.1, -0.05) is 13.8 Å². The van der Waals surface area contributed by atoms with Gasteiger partial charge in [-0.3, -0.25) is 9.59 Å². The van der Waals surface area contributed by atoms with Crippen LogP contribution < -0.4 is 44.9 Å². The molecule has 5 atom stereocenters. The van der Waals surface area contributed by atoms with Gasteiger partial charge in [0.05, 0.1) is 42.4 Å². The Kier molecular flexibility index (Phi) is 8.76. The summed E-state index contributed by atoms with van der Waals surface area (Å²) in [6, 6.07) is -0.659. The molecule has 0 bridgehead atoms. The Morgan fingerprint density at radius 2 is 2.09 bits per heavy atom. The van der Waals surface area contributed by atoms with Crippen LogP contribution in [0, 0.1) is 11.8 Å². The second kappa shape index (κ2) is 10.9. The molecular weight excluding hydrogens is 491 g/mol. The maximum Gasteiger partial charge on any atom is 1.00 e. The minimum absolute atomic E-state index is 0. The minimum Gasteiger partial charge on any atom is -0.543 e. The predicted octanol–water partition coefficient (Wildman–Crippen LogP) is -3.61. The van der Waals surface area contributed by atoms with Gasteiger partial charge in [0.2, 0.25) is 5.91 Å². The molecule has 34 heavy (non-hydrogen) atoms. The zero-order valence-corrected chi connectivity index (χ0v) is 23.2. The van der Waals surface area contributed by atoms with E-state index in [1.165, 1.54) is 28.0 Å². The number of carboxylic acids is 1. The number of aliphatic hydroxyl groups excluding tert-OH is 2. The van der Waals surface area contributed by atoms with Gasteiger partial charge in [0.25, 0.3) is 5.91 Å². The summed E-state index contributed by atoms with van der Waals surface area (Å²) >= 11 is 2.79. The zero-order chi connectivity index (χ0) is 24.0. The van der Waals surface area contributed by atoms with Crippen molar-refractivity contribution >= 4 is 46.0 Å². The van der Waals surface area contributed by atoms with E-state index in [2.05, 4.69) is 10.3 Å². The minimum atomic E-state index is -1.37. The van der Waals surface area contributed by atoms with Gasteiger partial charge in [0.15, 0.2) is 5.13 Å². The third-order valence-corrected chi connectivity index (χ3v) is 8.84. The molecule has 4 heterocycles. The van der Waals surface area contributed by atoms with Crippen LogP contribution in [0.15, 0.2) is 16.0 Å². The average Bonchev–Trinajstić information content (AvgIpc) is 3.30. The van der Waals surface area contributed by atoms with Crippen LogP contribution in [-0.2, 0) is 9.59 Å². The van der Waals surface area contributed by atoms with Crippen molar-refractivity contribution < 1.29 is 59.3 Å². The van der Waals surface area contributed by atoms with Crippen molar-refractivity contribution in [3.63, 3.8) is 0 Å². The van der Waals surface area contributed by atoms with Crippen molar-refractivity contribution in [2.75, 3.05) is 24.6 Å². The first kappa shape index (κ1) is 27.4. The van der Waals surface area contributed by atoms with E-state index in [-0.39, 0.29) is 76.9 Å². The largest absolute Gasteiger partial charge is 1.00 e. The number of thioether (sulfide) groups is 1. The molecule has 0 spiro atoms. The summed E-state index contributed by atoms with van der Waals surface area (Å²) in [7, 11) is 0. The molecule has 1 aromatic heterocycles. The smallest absolute Gasteiger partial charge is 0.543 e. The number of aromatic nitrogens is 1. The first-order chi connectivity index (χ1) is 15.7. The molecule has 3 aliphatic rings. The number of rotatable bonds is 9. The number of thiazole rings is 1. The Bertz CT molecular complexity index is 992. The van der Waals surface area contributed by atoms with Gasteiger partial charge < -0.3 is 35.2 Å². The number of anilines is 1. The molecule has 3 N–H and O–H groups in total. The number of β-lactam (4-membered cyclic amide) rings is 1. The molecule has 2 saturated heterocycles. The molecule has 2 unspecified atom stereocenters. The van der Waals surface area contributed by atoms with Gasteiger partial charge in [0, 0.05) is 34.5 Å². The Balaban J connectivity index is 0.00000324. The van der Waals surface area contributed by atoms with Crippen LogP contribution in [0.5, 0.6) is 0 Å². The Morgan fingerprint density at radius 3 is 2.65 bits per heavy atom. The molecule has 13 heteroatoms. The van der Waals surface area contributed by atoms with Crippen molar-refractivity contribution in [2.45, 2.75) is 50.6 Å². The standard InChI is InChI=1S/C21H28N4O6S2.Na/c1-4-11(7-26)22-18(28)13-8-32-21(23-13)24-5-12(6-24)33-17-9(2)15-14(10(3)27)19(29)25(15)16(17)20(30)31;/h8-12,14-15,26-27H,4-7H2,1-3H3,(H,22,28)(H,30,31);/q;+1/p-1/t9-,10-,11+,14?,15?;/m1./s1. The summed E-state index contributed by atoms with van der Waals surface area (Å²) in [6.45, 7) is 6.44. The summed E-state index contributed by atoms with van der Waals surface area (Å²) in [4.78, 5) is 44.8. The molecule has 0 radical (unpaired) electrons. The second-order valence-electron chi connectivity index (χ2n) is 8.68. The van der Waals surface area contributed by atoms with E-state index in [4.69, 9.17) is 0 Å². The fourth-order valence-electron chi connectivity index (χ4n) is 4.57. The summed E-state index contributed by atoms with van der Waals surface area (Å²) in [5.41, 5.74) is 0.233. The van der Waals surface area contributed by atoms with Gasteiger partial charge in [-0.25, -0.2) is 4.98 Å². The zero-order valence-electron chi connectivity index (χ0n) is 19.6. The Hall–Kier alpha value is -1.15. The fourth-order valence-corrected chi connectivity index (χ4v) is 6.91. The van der Waals surface area contributed by atoms with Crippen molar-refractivity contribution in [1.29, 1.82) is 0 Å². The van der Waals surface area contributed by atoms with E-state index in [9.17, 15) is 29.7 Å². The predicted molar refractivity (Wildman–Crippen MR) is 121 cm³/mol. The molecule has 4 rings (SSSR count). The van der Waals surface area contributed by atoms with E-state index < -0.39 is 18.0 Å². The maximum atomic E-state index is 12.4. The summed E-state index contributed by atoms with van der Waals surface area (Å²) in [5.74, 6) is -2.85. The fraction of sp³-hybridized carbons (Fsp3) is 0.619. The number of aliphatic hydroxyl groups is 2. The third-order valence-electron chi connectivity index (χ3n) is 6.49. The number of carbonyl (C=O) groups excluding carboxylic acids is 3. The van der Waals surface area contributed by atoms with Gasteiger partial charge in [-0.15, -0.1) is 23.1 Å². The molecule has 1 aromatic rings. The average molecular weight is 519 g/mol. The van der Waals surface area contributed by atoms with Crippen LogP contribution in [0.3, 0.4) is 0 Å². The molecule has 0 aliphatic carbocycles. The van der Waals surface area contributed by atoms with Gasteiger partial charge in [-0.05, 0) is 13.3 Å². The van der Waals surface area contributed by atoms with E-state index in [1.807, 2.05) is 18.7 Å². The number of aliphatic carboxylic acids is 1. The van der Waals surface area contributed by atoms with Crippen LogP contribution in [-0.4, -0.2) is 81.0 Å². The number of fused-ring (bicyclic) bond motifs is 1. The summed E-state index contributed by atoms with van der Waals surface area (Å²) < 4.78 is 0. The molecule has 10 nitrogen and oxygen atoms in total. The molecule has 2 amide bonds. The second-order valence-corrected chi connectivity index (χ2v) is 10.9. The quantitative estimate of drug-likeness (QED) is 0.223. The number of amides is 2. The number of nitrogens with zero attached hydrogens (tertiary/aromatic N) is 3. The Morgan fingerprint density at radius 1 is 1.41 bits per heavy atom. The molecular formula is C21H27N4NaO6S2. The number of hydrogen-bond acceptors (Lipinski definition) is 10. The monoisotopic (exact) mass is 518 g/mol. The number of carbonyl (C=O) groups is 3. The van der Waals surface area contributed by atoms with Gasteiger partial charge in [-0.2, -0.15) is 0 Å². The van der Waals surface area contributed by atoms with Crippen LogP contribution in [0.1, 0.15) is 37.7 Å². The summed E-state index contributed by atoms with van der Waals surface area (Å²) in [6.07, 6.45) is -0.220. The first-order valence-corrected chi connectivity index (χ1v) is 12.7. The van der Waals surface area contributed by atoms with Crippen molar-refractivity contribution in [1.82, 2.24) is 15.2 Å². The first-order valence-electron chi connectivity index (χ1n) is 10.9. The normalized spacial score (nSPS) is 25.8. The van der Waals surface area contributed by atoms with E-state index in [0.717, 1.165) is 0 Å². The molecule has 2 fully saturated rings. The number of carboxylic acid groups (broad SMARTS) is 1. The number of hydrogen-bond donors (Lipinski definition) is 3. The molecule has 0 aromatic carbocycles. The topological polar surface area (TPSA) is 146 Å². The number of nitrogens with one attached hydrogen (secondary N) is 1. The van der Waals surface area contributed by atoms with Crippen molar-refractivity contribution in [2.24, 2.45) is 11.8 Å². The van der Waals surface area contributed by atoms with E-state index in [0.29, 0.717) is 35.2 Å². The maximum absolute atomic E-state index is 12.4. The van der Waals surface area contributed by atoms with Crippen LogP contribution in [0.2, 0.25) is 0 Å². The van der Waals surface area contributed by atoms with Crippen molar-refractivity contribution in [3.05, 3.63) is 21.7 Å².